The van der Waals surface area contributed by atoms with Crippen LogP contribution < -0.4 is 75.7 Å². The van der Waals surface area contributed by atoms with Crippen molar-refractivity contribution in [1.82, 2.24) is 68.5 Å². The fourth-order valence-electron chi connectivity index (χ4n) is 7.30. The maximum absolute atomic E-state index is 13.9. The summed E-state index contributed by atoms with van der Waals surface area (Å²) in [6.45, 7) is 5.21. The SMILES string of the molecule is CC(C)C[C@H](NC(=O)[C@H](CC(=O)O)NC(=O)[C@H](Cc1c[nH]cn1)NC(=O)[C@H](CCCNC(=N)N)NC(=O)CNC(=O)[C@H](CC(=O)O)NC(=O)CNC(=O)[C@H](CC(N)=O)NC(=O)[C@@H](NC(=O)[C@H](CC(=O)O)NC(=O)[C@@H](N)[C@@H](C)O)C(C)C)C(=O)O. The van der Waals surface area contributed by atoms with Gasteiger partial charge in [-0.1, -0.05) is 27.7 Å². The van der Waals surface area contributed by atoms with Gasteiger partial charge in [0.25, 0.3) is 0 Å². The van der Waals surface area contributed by atoms with Gasteiger partial charge in [0, 0.05) is 19.2 Å². The molecule has 37 heteroatoms. The zero-order chi connectivity index (χ0) is 64.1. The van der Waals surface area contributed by atoms with E-state index < -0.39 is 206 Å². The average molecular weight is 1200 g/mol. The van der Waals surface area contributed by atoms with E-state index in [-0.39, 0.29) is 37.4 Å². The number of rotatable bonds is 39. The van der Waals surface area contributed by atoms with Crippen LogP contribution in [0.2, 0.25) is 0 Å². The number of imidazole rings is 1. The van der Waals surface area contributed by atoms with Crippen LogP contribution in [0.1, 0.15) is 85.3 Å². The molecule has 0 bridgehead atoms. The highest BCUT2D eigenvalue weighted by atomic mass is 16.4. The zero-order valence-electron chi connectivity index (χ0n) is 46.4. The van der Waals surface area contributed by atoms with Crippen molar-refractivity contribution in [2.75, 3.05) is 19.6 Å². The summed E-state index contributed by atoms with van der Waals surface area (Å²) in [6.07, 6.45) is -3.67. The second-order valence-electron chi connectivity index (χ2n) is 19.7. The number of carbonyl (C=O) groups is 15. The minimum absolute atomic E-state index is 0.000291. The first-order chi connectivity index (χ1) is 39.1. The summed E-state index contributed by atoms with van der Waals surface area (Å²) in [6, 6.07) is -15.4. The van der Waals surface area contributed by atoms with Crippen molar-refractivity contribution in [3.05, 3.63) is 18.2 Å². The molecule has 468 valence electrons. The number of guanidine groups is 1. The van der Waals surface area contributed by atoms with Crippen LogP contribution in [0.25, 0.3) is 0 Å². The number of carbonyl (C=O) groups excluding carboxylic acids is 11. The minimum Gasteiger partial charge on any atom is -0.481 e. The van der Waals surface area contributed by atoms with E-state index in [4.69, 9.17) is 22.6 Å². The minimum atomic E-state index is -1.97. The first-order valence-electron chi connectivity index (χ1n) is 25.7. The Morgan fingerprint density at radius 2 is 0.976 bits per heavy atom. The lowest BCUT2D eigenvalue weighted by Gasteiger charge is -2.27. The smallest absolute Gasteiger partial charge is 0.326 e. The Morgan fingerprint density at radius 3 is 1.42 bits per heavy atom. The van der Waals surface area contributed by atoms with Gasteiger partial charge in [-0.25, -0.2) is 9.78 Å². The van der Waals surface area contributed by atoms with E-state index in [1.54, 1.807) is 13.8 Å². The van der Waals surface area contributed by atoms with Gasteiger partial charge in [-0.05, 0) is 38.0 Å². The van der Waals surface area contributed by atoms with Crippen LogP contribution in [0.3, 0.4) is 0 Å². The second kappa shape index (κ2) is 36.0. The Morgan fingerprint density at radius 1 is 0.548 bits per heavy atom. The number of H-pyrrole nitrogens is 1. The summed E-state index contributed by atoms with van der Waals surface area (Å²) in [5.74, 6) is -20.7. The lowest BCUT2D eigenvalue weighted by Crippen LogP contribution is -2.60. The van der Waals surface area contributed by atoms with Crippen molar-refractivity contribution in [1.29, 1.82) is 5.41 Å². The van der Waals surface area contributed by atoms with Crippen LogP contribution in [-0.2, 0) is 78.3 Å². The highest BCUT2D eigenvalue weighted by Crippen LogP contribution is 2.10. The van der Waals surface area contributed by atoms with E-state index in [2.05, 4.69) is 63.1 Å². The molecule has 0 aliphatic rings. The van der Waals surface area contributed by atoms with Crippen molar-refractivity contribution in [3.8, 4) is 0 Å². The van der Waals surface area contributed by atoms with Crippen LogP contribution in [-0.4, -0.2) is 210 Å². The number of carboxylic acid groups (broad SMARTS) is 4. The molecule has 0 spiro atoms. The summed E-state index contributed by atoms with van der Waals surface area (Å²) in [5.41, 5.74) is 16.4. The van der Waals surface area contributed by atoms with Crippen molar-refractivity contribution in [3.63, 3.8) is 0 Å². The van der Waals surface area contributed by atoms with Gasteiger partial charge in [-0.2, -0.15) is 0 Å². The highest BCUT2D eigenvalue weighted by Gasteiger charge is 2.36. The van der Waals surface area contributed by atoms with Gasteiger partial charge in [0.15, 0.2) is 5.96 Å². The number of aliphatic hydroxyl groups excluding tert-OH is 1. The molecular weight excluding hydrogens is 1120 g/mol. The third-order valence-corrected chi connectivity index (χ3v) is 11.6. The molecule has 0 unspecified atom stereocenters. The lowest BCUT2D eigenvalue weighted by atomic mass is 10.0. The predicted molar refractivity (Wildman–Crippen MR) is 285 cm³/mol. The standard InChI is InChI=1S/C47H75N17O20/c1-19(2)9-29(46(83)84)63-42(79)27(13-34(71)72)60-41(78)24(10-22-15-52-18-56-22)59-40(77)23(7-6-8-53-47(50)51)57-31(67)16-55-39(76)26(12-33(69)70)58-32(68)17-54-38(75)25(11-30(48)66)62-45(82)37(20(3)4)64-43(80)28(14-35(73)74)61-44(81)36(49)21(5)65/h15,18-21,23-29,36-37,65H,6-14,16-17,49H2,1-5H3,(H2,48,66)(H,52,56)(H,54,75)(H,55,76)(H,57,67)(H,58,68)(H,59,77)(H,60,78)(H,61,81)(H,62,82)(H,63,79)(H,64,80)(H,69,70)(H,71,72)(H,73,74)(H,83,84)(H4,50,51,53)/t21-,23+,24+,25+,26+,27+,28+,29+,36+,37+/m1/s1. The number of nitrogens with two attached hydrogens (primary N) is 3. The van der Waals surface area contributed by atoms with Crippen LogP contribution in [0.5, 0.6) is 0 Å². The molecule has 0 saturated heterocycles. The third kappa shape index (κ3) is 28.2. The third-order valence-electron chi connectivity index (χ3n) is 11.6. The highest BCUT2D eigenvalue weighted by molar-refractivity contribution is 6.00. The second-order valence-corrected chi connectivity index (χ2v) is 19.7. The number of aliphatic hydroxyl groups is 1. The molecule has 1 aromatic rings. The monoisotopic (exact) mass is 1200 g/mol. The summed E-state index contributed by atoms with van der Waals surface area (Å²) in [5, 5.41) is 79.4. The van der Waals surface area contributed by atoms with Crippen LogP contribution in [0, 0.1) is 17.2 Å². The number of aliphatic carboxylic acids is 4. The predicted octanol–water partition coefficient (Wildman–Crippen LogP) is -8.88. The Hall–Kier alpha value is -9.55. The van der Waals surface area contributed by atoms with Gasteiger partial charge in [0.2, 0.25) is 65.0 Å². The molecule has 0 radical (unpaired) electrons. The van der Waals surface area contributed by atoms with E-state index in [1.807, 2.05) is 5.32 Å². The number of aromatic amines is 1. The lowest BCUT2D eigenvalue weighted by molar-refractivity contribution is -0.144. The number of carboxylic acids is 4. The van der Waals surface area contributed by atoms with Gasteiger partial charge >= 0.3 is 23.9 Å². The molecule has 0 aliphatic carbocycles. The molecule has 24 N–H and O–H groups in total. The van der Waals surface area contributed by atoms with Gasteiger partial charge in [0.05, 0.1) is 56.9 Å². The van der Waals surface area contributed by atoms with E-state index in [1.165, 1.54) is 26.4 Å². The van der Waals surface area contributed by atoms with Crippen molar-refractivity contribution in [2.45, 2.75) is 146 Å². The van der Waals surface area contributed by atoms with Gasteiger partial charge < -0.3 is 106 Å². The molecule has 1 rings (SSSR count). The van der Waals surface area contributed by atoms with E-state index >= 15 is 0 Å². The first kappa shape index (κ1) is 72.5. The molecule has 0 saturated carbocycles. The number of hydrogen-bond donors (Lipinski definition) is 21. The molecule has 0 aromatic carbocycles. The Balaban J connectivity index is 3.28. The van der Waals surface area contributed by atoms with Crippen LogP contribution >= 0.6 is 0 Å². The Labute approximate surface area is 478 Å². The average Bonchev–Trinajstić information content (AvgIpc) is 4.08. The molecule has 0 aliphatic heterocycles. The first-order valence-corrected chi connectivity index (χ1v) is 25.7. The maximum atomic E-state index is 13.9. The summed E-state index contributed by atoms with van der Waals surface area (Å²) < 4.78 is 0. The molecule has 10 atom stereocenters. The van der Waals surface area contributed by atoms with Crippen molar-refractivity contribution >= 4 is 94.8 Å². The summed E-state index contributed by atoms with van der Waals surface area (Å²) in [7, 11) is 0. The Kier molecular flexibility index (Phi) is 31.1. The number of primary amides is 1. The van der Waals surface area contributed by atoms with Crippen LogP contribution in [0.4, 0.5) is 0 Å². The fraction of sp³-hybridized carbons (Fsp3) is 0.596. The molecule has 1 heterocycles. The van der Waals surface area contributed by atoms with Gasteiger partial charge in [0.1, 0.15) is 54.4 Å². The van der Waals surface area contributed by atoms with Gasteiger partial charge in [-0.3, -0.25) is 72.5 Å². The fourth-order valence-corrected chi connectivity index (χ4v) is 7.30. The number of aromatic nitrogens is 2. The topological polar surface area (TPSA) is 620 Å². The molecule has 37 nitrogen and oxygen atoms in total. The molecule has 0 fully saturated rings. The largest absolute Gasteiger partial charge is 0.481 e. The zero-order valence-corrected chi connectivity index (χ0v) is 46.4. The number of hydrogen-bond acceptors (Lipinski definition) is 19. The van der Waals surface area contributed by atoms with E-state index in [9.17, 15) is 97.5 Å². The molecular formula is C47H75N17O20. The van der Waals surface area contributed by atoms with Crippen LogP contribution in [0.15, 0.2) is 12.5 Å². The number of nitrogens with one attached hydrogen (secondary N) is 13. The summed E-state index contributed by atoms with van der Waals surface area (Å²) >= 11 is 0. The normalized spacial score (nSPS) is 14.5. The van der Waals surface area contributed by atoms with Crippen molar-refractivity contribution in [2.24, 2.45) is 29.0 Å². The van der Waals surface area contributed by atoms with Gasteiger partial charge in [-0.15, -0.1) is 0 Å². The molecule has 11 amide bonds. The number of nitrogens with zero attached hydrogens (tertiary/aromatic N) is 1. The van der Waals surface area contributed by atoms with E-state index in [0.717, 1.165) is 6.92 Å². The molecule has 1 aromatic heterocycles. The quantitative estimate of drug-likeness (QED) is 0.0165. The maximum Gasteiger partial charge on any atom is 0.326 e. The molecule has 84 heavy (non-hydrogen) atoms. The van der Waals surface area contributed by atoms with E-state index in [0.29, 0.717) is 0 Å². The summed E-state index contributed by atoms with van der Waals surface area (Å²) in [4.78, 5) is 199. The number of amides is 11. The van der Waals surface area contributed by atoms with Crippen molar-refractivity contribution < 1.29 is 97.5 Å². The Bertz CT molecular complexity index is 2550.